The summed E-state index contributed by atoms with van der Waals surface area (Å²) in [6.45, 7) is 0.461. The van der Waals surface area contributed by atoms with E-state index in [-0.39, 0.29) is 12.8 Å². The Hall–Kier alpha value is -2.41. The minimum Gasteiger partial charge on any atom is -0.376 e. The maximum Gasteiger partial charge on any atom is 0.422 e. The number of hydrogen-bond acceptors (Lipinski definition) is 5. The van der Waals surface area contributed by atoms with Crippen LogP contribution in [-0.2, 0) is 20.7 Å². The van der Waals surface area contributed by atoms with Crippen LogP contribution in [0.5, 0.6) is 0 Å². The van der Waals surface area contributed by atoms with E-state index in [2.05, 4.69) is 4.74 Å². The lowest BCUT2D eigenvalue weighted by Gasteiger charge is -2.15. The zero-order valence-electron chi connectivity index (χ0n) is 10.7. The highest BCUT2D eigenvalue weighted by molar-refractivity contribution is 5.97. The predicted octanol–water partition coefficient (Wildman–Crippen LogP) is 0.998. The van der Waals surface area contributed by atoms with E-state index >= 15 is 0 Å². The van der Waals surface area contributed by atoms with E-state index < -0.39 is 18.0 Å². The predicted molar refractivity (Wildman–Crippen MR) is 68.1 cm³/mol. The summed E-state index contributed by atoms with van der Waals surface area (Å²) < 4.78 is 4.67. The highest BCUT2D eigenvalue weighted by Crippen LogP contribution is 2.27. The highest BCUT2D eigenvalue weighted by Gasteiger charge is 2.27. The number of carbonyl (C=O) groups excluding carboxylic acids is 3. The summed E-state index contributed by atoms with van der Waals surface area (Å²) in [5.41, 5.74) is 3.16. The molecule has 0 fully saturated rings. The van der Waals surface area contributed by atoms with Gasteiger partial charge < -0.3 is 4.74 Å². The SMILES string of the molecule is O=C(CCC(=O)OC(=O)N1CCc2ccccc21)NO. The van der Waals surface area contributed by atoms with Gasteiger partial charge in [-0.3, -0.25) is 19.7 Å². The van der Waals surface area contributed by atoms with Crippen LogP contribution in [0.3, 0.4) is 0 Å². The van der Waals surface area contributed by atoms with Crippen molar-refractivity contribution < 1.29 is 24.3 Å². The van der Waals surface area contributed by atoms with E-state index in [1.54, 1.807) is 12.1 Å². The summed E-state index contributed by atoms with van der Waals surface area (Å²) in [4.78, 5) is 35.4. The number of ether oxygens (including phenoxy) is 1. The van der Waals surface area contributed by atoms with Gasteiger partial charge in [0.2, 0.25) is 5.91 Å². The van der Waals surface area contributed by atoms with Crippen LogP contribution in [0, 0.1) is 0 Å². The lowest BCUT2D eigenvalue weighted by Crippen LogP contribution is -2.31. The fourth-order valence-electron chi connectivity index (χ4n) is 2.00. The molecule has 1 aliphatic rings. The average Bonchev–Trinajstić information content (AvgIpc) is 2.88. The monoisotopic (exact) mass is 278 g/mol. The fraction of sp³-hybridized carbons (Fsp3) is 0.308. The first-order valence-electron chi connectivity index (χ1n) is 6.15. The molecule has 1 aliphatic heterocycles. The van der Waals surface area contributed by atoms with Gasteiger partial charge >= 0.3 is 12.1 Å². The topological polar surface area (TPSA) is 95.9 Å². The normalized spacial score (nSPS) is 12.8. The summed E-state index contributed by atoms with van der Waals surface area (Å²) in [7, 11) is 0. The van der Waals surface area contributed by atoms with Gasteiger partial charge in [-0.2, -0.15) is 0 Å². The molecule has 7 nitrogen and oxygen atoms in total. The van der Waals surface area contributed by atoms with Gasteiger partial charge in [0.1, 0.15) is 0 Å². The smallest absolute Gasteiger partial charge is 0.376 e. The molecular weight excluding hydrogens is 264 g/mol. The zero-order chi connectivity index (χ0) is 14.5. The van der Waals surface area contributed by atoms with Crippen LogP contribution in [0.25, 0.3) is 0 Å². The second-order valence-electron chi connectivity index (χ2n) is 4.31. The summed E-state index contributed by atoms with van der Waals surface area (Å²) in [5.74, 6) is -1.51. The molecule has 7 heteroatoms. The number of rotatable bonds is 3. The molecule has 0 saturated carbocycles. The Morgan fingerprint density at radius 2 is 2.00 bits per heavy atom. The first kappa shape index (κ1) is 14.0. The van der Waals surface area contributed by atoms with Crippen LogP contribution in [0.4, 0.5) is 10.5 Å². The summed E-state index contributed by atoms with van der Waals surface area (Å²) in [6, 6.07) is 7.38. The number of fused-ring (bicyclic) bond motifs is 1. The molecular formula is C13H14N2O5. The number of para-hydroxylation sites is 1. The molecule has 0 bridgehead atoms. The summed E-state index contributed by atoms with van der Waals surface area (Å²) >= 11 is 0. The van der Waals surface area contributed by atoms with E-state index in [4.69, 9.17) is 5.21 Å². The molecule has 0 radical (unpaired) electrons. The fourth-order valence-corrected chi connectivity index (χ4v) is 2.00. The Balaban J connectivity index is 1.90. The average molecular weight is 278 g/mol. The van der Waals surface area contributed by atoms with Crippen molar-refractivity contribution in [3.63, 3.8) is 0 Å². The maximum atomic E-state index is 11.9. The standard InChI is InChI=1S/C13H14N2O5/c16-11(14-19)5-6-12(17)20-13(18)15-8-7-9-3-1-2-4-10(9)15/h1-4,19H,5-8H2,(H,14,16). The number of benzene rings is 1. The Morgan fingerprint density at radius 3 is 2.75 bits per heavy atom. The summed E-state index contributed by atoms with van der Waals surface area (Å²) in [5, 5.41) is 8.28. The van der Waals surface area contributed by atoms with Crippen LogP contribution >= 0.6 is 0 Å². The first-order chi connectivity index (χ1) is 9.61. The molecule has 2 amide bonds. The molecule has 0 spiro atoms. The van der Waals surface area contributed by atoms with Gasteiger partial charge in [-0.1, -0.05) is 18.2 Å². The van der Waals surface area contributed by atoms with Crippen molar-refractivity contribution in [3.05, 3.63) is 29.8 Å². The van der Waals surface area contributed by atoms with Gasteiger partial charge in [0, 0.05) is 13.0 Å². The molecule has 0 aliphatic carbocycles. The van der Waals surface area contributed by atoms with E-state index in [1.807, 2.05) is 12.1 Å². The Kier molecular flexibility index (Phi) is 4.31. The quantitative estimate of drug-likeness (QED) is 0.372. The minimum atomic E-state index is -0.803. The number of nitrogens with zero attached hydrogens (tertiary/aromatic N) is 1. The molecule has 2 N–H and O–H groups in total. The number of hydrogen-bond donors (Lipinski definition) is 2. The summed E-state index contributed by atoms with van der Waals surface area (Å²) in [6.07, 6.45) is -0.538. The molecule has 106 valence electrons. The minimum absolute atomic E-state index is 0.237. The van der Waals surface area contributed by atoms with Crippen LogP contribution in [-0.4, -0.2) is 29.7 Å². The van der Waals surface area contributed by atoms with Gasteiger partial charge in [-0.25, -0.2) is 10.3 Å². The van der Waals surface area contributed by atoms with Crippen molar-refractivity contribution in [1.29, 1.82) is 0 Å². The zero-order valence-corrected chi connectivity index (χ0v) is 10.7. The Labute approximate surface area is 115 Å². The van der Waals surface area contributed by atoms with E-state index in [1.165, 1.54) is 10.4 Å². The molecule has 0 saturated heterocycles. The van der Waals surface area contributed by atoms with Crippen LogP contribution in [0.2, 0.25) is 0 Å². The highest BCUT2D eigenvalue weighted by atomic mass is 16.6. The number of esters is 1. The van der Waals surface area contributed by atoms with Crippen molar-refractivity contribution in [3.8, 4) is 0 Å². The maximum absolute atomic E-state index is 11.9. The molecule has 0 aromatic heterocycles. The van der Waals surface area contributed by atoms with Crippen LogP contribution in [0.1, 0.15) is 18.4 Å². The number of carbonyl (C=O) groups is 3. The molecule has 1 heterocycles. The molecule has 1 aromatic rings. The molecule has 20 heavy (non-hydrogen) atoms. The molecule has 1 aromatic carbocycles. The van der Waals surface area contributed by atoms with Crippen molar-refractivity contribution in [2.75, 3.05) is 11.4 Å². The number of amides is 2. The Bertz CT molecular complexity index is 543. The lowest BCUT2D eigenvalue weighted by atomic mass is 10.2. The second kappa shape index (κ2) is 6.16. The van der Waals surface area contributed by atoms with E-state index in [9.17, 15) is 14.4 Å². The molecule has 2 rings (SSSR count). The van der Waals surface area contributed by atoms with Crippen molar-refractivity contribution in [2.24, 2.45) is 0 Å². The van der Waals surface area contributed by atoms with Crippen LogP contribution in [0.15, 0.2) is 24.3 Å². The Morgan fingerprint density at radius 1 is 1.25 bits per heavy atom. The van der Waals surface area contributed by atoms with Crippen molar-refractivity contribution >= 4 is 23.7 Å². The lowest BCUT2D eigenvalue weighted by molar-refractivity contribution is -0.140. The van der Waals surface area contributed by atoms with Crippen LogP contribution < -0.4 is 10.4 Å². The first-order valence-corrected chi connectivity index (χ1v) is 6.15. The van der Waals surface area contributed by atoms with Crippen molar-refractivity contribution in [2.45, 2.75) is 19.3 Å². The molecule has 0 atom stereocenters. The molecule has 0 unspecified atom stereocenters. The van der Waals surface area contributed by atoms with E-state index in [0.717, 1.165) is 11.3 Å². The van der Waals surface area contributed by atoms with Gasteiger partial charge in [0.05, 0.1) is 12.1 Å². The third-order valence-electron chi connectivity index (χ3n) is 2.99. The van der Waals surface area contributed by atoms with Gasteiger partial charge in [-0.15, -0.1) is 0 Å². The van der Waals surface area contributed by atoms with E-state index in [0.29, 0.717) is 13.0 Å². The number of hydroxylamine groups is 1. The van der Waals surface area contributed by atoms with Gasteiger partial charge in [-0.05, 0) is 18.1 Å². The largest absolute Gasteiger partial charge is 0.422 e. The van der Waals surface area contributed by atoms with Gasteiger partial charge in [0.25, 0.3) is 0 Å². The number of anilines is 1. The third-order valence-corrected chi connectivity index (χ3v) is 2.99. The number of nitrogens with one attached hydrogen (secondary N) is 1. The third kappa shape index (κ3) is 3.12. The van der Waals surface area contributed by atoms with Gasteiger partial charge in [0.15, 0.2) is 0 Å². The van der Waals surface area contributed by atoms with Crippen molar-refractivity contribution in [1.82, 2.24) is 5.48 Å². The second-order valence-corrected chi connectivity index (χ2v) is 4.31.